The lowest BCUT2D eigenvalue weighted by Crippen LogP contribution is -2.28. The smallest absolute Gasteiger partial charge is 0.227 e. The zero-order valence-corrected chi connectivity index (χ0v) is 10.2. The van der Waals surface area contributed by atoms with Crippen LogP contribution in [-0.4, -0.2) is 20.0 Å². The van der Waals surface area contributed by atoms with Gasteiger partial charge in [-0.1, -0.05) is 6.42 Å². The summed E-state index contributed by atoms with van der Waals surface area (Å²) in [6.07, 6.45) is 3.00. The molecule has 0 bridgehead atoms. The van der Waals surface area contributed by atoms with Crippen molar-refractivity contribution in [2.75, 3.05) is 24.3 Å². The fourth-order valence-corrected chi connectivity index (χ4v) is 1.90. The molecule has 0 unspecified atom stereocenters. The Morgan fingerprint density at radius 2 is 2.12 bits per heavy atom. The lowest BCUT2D eigenvalue weighted by atomic mass is 9.85. The average Bonchev–Trinajstić information content (AvgIpc) is 2.13. The molecule has 1 fully saturated rings. The minimum atomic E-state index is -0.334. The predicted molar refractivity (Wildman–Crippen MR) is 66.7 cm³/mol. The van der Waals surface area contributed by atoms with Crippen molar-refractivity contribution in [1.29, 1.82) is 0 Å². The molecule has 1 saturated carbocycles. The number of carbonyl (C=O) groups excluding carboxylic acids is 1. The summed E-state index contributed by atoms with van der Waals surface area (Å²) in [6, 6.07) is 4.44. The lowest BCUT2D eigenvalue weighted by Gasteiger charge is -2.25. The molecule has 2 rings (SSSR count). The fourth-order valence-electron chi connectivity index (χ4n) is 1.90. The highest BCUT2D eigenvalue weighted by Gasteiger charge is 2.25. The summed E-state index contributed by atoms with van der Waals surface area (Å²) < 4.78 is 13.2. The van der Waals surface area contributed by atoms with Crippen LogP contribution >= 0.6 is 0 Å². The van der Waals surface area contributed by atoms with Crippen molar-refractivity contribution >= 4 is 17.3 Å². The van der Waals surface area contributed by atoms with E-state index < -0.39 is 0 Å². The van der Waals surface area contributed by atoms with Crippen molar-refractivity contribution in [3.63, 3.8) is 0 Å². The van der Waals surface area contributed by atoms with E-state index in [9.17, 15) is 9.18 Å². The lowest BCUT2D eigenvalue weighted by molar-refractivity contribution is -0.122. The minimum Gasteiger partial charge on any atom is -0.376 e. The van der Waals surface area contributed by atoms with Gasteiger partial charge in [0.15, 0.2) is 0 Å². The van der Waals surface area contributed by atoms with Crippen LogP contribution in [0.3, 0.4) is 0 Å². The number of carbonyl (C=O) groups is 1. The van der Waals surface area contributed by atoms with Gasteiger partial charge in [-0.25, -0.2) is 4.39 Å². The Morgan fingerprint density at radius 1 is 1.41 bits per heavy atom. The molecule has 0 aliphatic heterocycles. The number of hydrogen-bond acceptors (Lipinski definition) is 2. The van der Waals surface area contributed by atoms with Gasteiger partial charge < -0.3 is 10.2 Å². The molecule has 4 heteroatoms. The third-order valence-electron chi connectivity index (χ3n) is 3.17. The first-order valence-electron chi connectivity index (χ1n) is 5.85. The van der Waals surface area contributed by atoms with E-state index in [1.807, 2.05) is 19.0 Å². The highest BCUT2D eigenvalue weighted by molar-refractivity contribution is 5.96. The molecule has 0 atom stereocenters. The van der Waals surface area contributed by atoms with Crippen LogP contribution in [0.25, 0.3) is 0 Å². The number of nitrogens with zero attached hydrogens (tertiary/aromatic N) is 1. The molecule has 1 N–H and O–H groups in total. The number of hydrogen-bond donors (Lipinski definition) is 1. The van der Waals surface area contributed by atoms with Gasteiger partial charge in [-0.15, -0.1) is 0 Å². The summed E-state index contributed by atoms with van der Waals surface area (Å²) >= 11 is 0. The van der Waals surface area contributed by atoms with Crippen LogP contribution < -0.4 is 10.2 Å². The first kappa shape index (κ1) is 11.9. The van der Waals surface area contributed by atoms with E-state index in [1.54, 1.807) is 6.07 Å². The van der Waals surface area contributed by atoms with Gasteiger partial charge in [0.05, 0.1) is 11.4 Å². The molecule has 92 valence electrons. The number of amides is 1. The molecule has 0 heterocycles. The summed E-state index contributed by atoms with van der Waals surface area (Å²) in [7, 11) is 3.73. The summed E-state index contributed by atoms with van der Waals surface area (Å²) in [5.74, 6) is -0.224. The Morgan fingerprint density at radius 3 is 2.65 bits per heavy atom. The zero-order valence-electron chi connectivity index (χ0n) is 10.2. The SMILES string of the molecule is CN(C)c1ccc(F)cc1NC(=O)C1CCC1. The molecule has 3 nitrogen and oxygen atoms in total. The van der Waals surface area contributed by atoms with Gasteiger partial charge in [-0.3, -0.25) is 4.79 Å². The zero-order chi connectivity index (χ0) is 12.4. The summed E-state index contributed by atoms with van der Waals surface area (Å²) in [4.78, 5) is 13.7. The van der Waals surface area contributed by atoms with Crippen molar-refractivity contribution < 1.29 is 9.18 Å². The van der Waals surface area contributed by atoms with E-state index in [0.29, 0.717) is 5.69 Å². The largest absolute Gasteiger partial charge is 0.376 e. The summed E-state index contributed by atoms with van der Waals surface area (Å²) in [5.41, 5.74) is 1.37. The van der Waals surface area contributed by atoms with Crippen molar-refractivity contribution in [3.05, 3.63) is 24.0 Å². The van der Waals surface area contributed by atoms with E-state index in [-0.39, 0.29) is 17.6 Å². The van der Waals surface area contributed by atoms with Gasteiger partial charge in [-0.05, 0) is 31.0 Å². The average molecular weight is 236 g/mol. The Balaban J connectivity index is 2.17. The maximum Gasteiger partial charge on any atom is 0.227 e. The Bertz CT molecular complexity index is 427. The Labute approximate surface area is 101 Å². The highest BCUT2D eigenvalue weighted by Crippen LogP contribution is 2.30. The number of nitrogens with one attached hydrogen (secondary N) is 1. The van der Waals surface area contributed by atoms with Gasteiger partial charge in [0.1, 0.15) is 5.82 Å². The van der Waals surface area contributed by atoms with E-state index >= 15 is 0 Å². The first-order valence-corrected chi connectivity index (χ1v) is 5.85. The molecule has 1 amide bonds. The fraction of sp³-hybridized carbons (Fsp3) is 0.462. The Hall–Kier alpha value is -1.58. The standard InChI is InChI=1S/C13H17FN2O/c1-16(2)12-7-6-10(14)8-11(12)15-13(17)9-4-3-5-9/h6-9H,3-5H2,1-2H3,(H,15,17). The van der Waals surface area contributed by atoms with Gasteiger partial charge >= 0.3 is 0 Å². The van der Waals surface area contributed by atoms with E-state index in [2.05, 4.69) is 5.32 Å². The second-order valence-corrected chi connectivity index (χ2v) is 4.67. The van der Waals surface area contributed by atoms with Gasteiger partial charge in [0, 0.05) is 20.0 Å². The van der Waals surface area contributed by atoms with E-state index in [0.717, 1.165) is 24.9 Å². The van der Waals surface area contributed by atoms with Crippen LogP contribution in [0.15, 0.2) is 18.2 Å². The molecule has 1 aliphatic carbocycles. The maximum atomic E-state index is 13.2. The molecule has 17 heavy (non-hydrogen) atoms. The van der Waals surface area contributed by atoms with Crippen LogP contribution in [0.4, 0.5) is 15.8 Å². The maximum absolute atomic E-state index is 13.2. The normalized spacial score (nSPS) is 15.2. The number of rotatable bonds is 3. The third kappa shape index (κ3) is 2.57. The molecule has 0 saturated heterocycles. The molecular formula is C13H17FN2O. The molecule has 1 aliphatic rings. The number of anilines is 2. The van der Waals surface area contributed by atoms with Crippen LogP contribution in [0.5, 0.6) is 0 Å². The minimum absolute atomic E-state index is 0.00458. The van der Waals surface area contributed by atoms with Crippen molar-refractivity contribution in [2.24, 2.45) is 5.92 Å². The Kier molecular flexibility index (Phi) is 3.31. The number of benzene rings is 1. The van der Waals surface area contributed by atoms with E-state index in [1.165, 1.54) is 12.1 Å². The quantitative estimate of drug-likeness (QED) is 0.875. The second-order valence-electron chi connectivity index (χ2n) is 4.67. The van der Waals surface area contributed by atoms with Crippen LogP contribution in [0, 0.1) is 11.7 Å². The third-order valence-corrected chi connectivity index (χ3v) is 3.17. The molecular weight excluding hydrogens is 219 g/mol. The van der Waals surface area contributed by atoms with Crippen LogP contribution in [0.2, 0.25) is 0 Å². The van der Waals surface area contributed by atoms with Gasteiger partial charge in [0.25, 0.3) is 0 Å². The van der Waals surface area contributed by atoms with Crippen LogP contribution in [0.1, 0.15) is 19.3 Å². The predicted octanol–water partition coefficient (Wildman–Crippen LogP) is 2.63. The molecule has 0 radical (unpaired) electrons. The van der Waals surface area contributed by atoms with Crippen LogP contribution in [-0.2, 0) is 4.79 Å². The van der Waals surface area contributed by atoms with Crippen molar-refractivity contribution in [2.45, 2.75) is 19.3 Å². The number of halogens is 1. The van der Waals surface area contributed by atoms with Crippen molar-refractivity contribution in [1.82, 2.24) is 0 Å². The van der Waals surface area contributed by atoms with E-state index in [4.69, 9.17) is 0 Å². The monoisotopic (exact) mass is 236 g/mol. The highest BCUT2D eigenvalue weighted by atomic mass is 19.1. The molecule has 0 aromatic heterocycles. The van der Waals surface area contributed by atoms with Crippen molar-refractivity contribution in [3.8, 4) is 0 Å². The summed E-state index contributed by atoms with van der Waals surface area (Å²) in [6.45, 7) is 0. The second kappa shape index (κ2) is 4.73. The molecule has 1 aromatic carbocycles. The summed E-state index contributed by atoms with van der Waals surface area (Å²) in [5, 5.41) is 2.81. The molecule has 1 aromatic rings. The molecule has 0 spiro atoms. The topological polar surface area (TPSA) is 32.3 Å². The van der Waals surface area contributed by atoms with Gasteiger partial charge in [0.2, 0.25) is 5.91 Å². The van der Waals surface area contributed by atoms with Gasteiger partial charge in [-0.2, -0.15) is 0 Å². The first-order chi connectivity index (χ1) is 8.08.